The molecule has 0 heterocycles. The Hall–Kier alpha value is -0.270. The maximum absolute atomic E-state index is 2.26. The molecule has 0 atom stereocenters. The zero-order valence-electron chi connectivity index (χ0n) is 30.8. The Kier molecular flexibility index (Phi) is 27.1. The van der Waals surface area contributed by atoms with Crippen LogP contribution in [-0.4, -0.2) is 63.4 Å². The summed E-state index contributed by atoms with van der Waals surface area (Å²) in [5.41, 5.74) is 8.48. The second-order valence-corrected chi connectivity index (χ2v) is 14.3. The summed E-state index contributed by atoms with van der Waals surface area (Å²) in [6.07, 6.45) is 11.4. The quantitative estimate of drug-likeness (QED) is 0.186. The van der Waals surface area contributed by atoms with E-state index in [2.05, 4.69) is 157 Å². The lowest BCUT2D eigenvalue weighted by Crippen LogP contribution is -3.00. The SMILES string of the molecule is CCCCc1ccc([N+](C)(C)C)cc1.CCCCc1ccc([N+](C)(C)C)cc1.CCCCc1ccc([N+](C)(C)C)cc1.[I-].[I-].[I-]. The predicted octanol–water partition coefficient (Wildman–Crippen LogP) is 0.690. The number of quaternary nitrogens is 3. The van der Waals surface area contributed by atoms with Crippen LogP contribution in [0, 0.1) is 0 Å². The summed E-state index contributed by atoms with van der Waals surface area (Å²) in [4.78, 5) is 0. The monoisotopic (exact) mass is 957 g/mol. The van der Waals surface area contributed by atoms with Crippen LogP contribution in [0.15, 0.2) is 72.8 Å². The van der Waals surface area contributed by atoms with E-state index in [0.717, 1.165) is 13.4 Å². The van der Waals surface area contributed by atoms with Crippen molar-refractivity contribution < 1.29 is 71.9 Å². The van der Waals surface area contributed by atoms with E-state index in [1.54, 1.807) is 0 Å². The van der Waals surface area contributed by atoms with Crippen LogP contribution in [0.4, 0.5) is 17.1 Å². The van der Waals surface area contributed by atoms with Crippen LogP contribution in [0.25, 0.3) is 0 Å². The minimum atomic E-state index is 0. The molecule has 0 radical (unpaired) electrons. The number of halogens is 3. The Labute approximate surface area is 331 Å². The van der Waals surface area contributed by atoms with Gasteiger partial charge in [-0.1, -0.05) is 76.4 Å². The van der Waals surface area contributed by atoms with Crippen molar-refractivity contribution in [1.82, 2.24) is 13.4 Å². The molecule has 0 aliphatic heterocycles. The highest BCUT2D eigenvalue weighted by atomic mass is 127. The molecule has 45 heavy (non-hydrogen) atoms. The number of benzene rings is 3. The second-order valence-electron chi connectivity index (χ2n) is 14.3. The Morgan fingerprint density at radius 3 is 0.644 bits per heavy atom. The van der Waals surface area contributed by atoms with E-state index in [9.17, 15) is 0 Å². The van der Waals surface area contributed by atoms with Gasteiger partial charge in [-0.3, -0.25) is 13.4 Å². The first-order chi connectivity index (χ1) is 19.6. The van der Waals surface area contributed by atoms with Crippen LogP contribution >= 0.6 is 0 Å². The van der Waals surface area contributed by atoms with E-state index in [0.29, 0.717) is 0 Å². The minimum absolute atomic E-state index is 0. The molecular weight excluding hydrogens is 891 g/mol. The van der Waals surface area contributed by atoms with E-state index in [-0.39, 0.29) is 71.9 Å². The van der Waals surface area contributed by atoms with Crippen molar-refractivity contribution in [2.45, 2.75) is 78.6 Å². The van der Waals surface area contributed by atoms with Crippen molar-refractivity contribution >= 4 is 17.1 Å². The average molecular weight is 958 g/mol. The van der Waals surface area contributed by atoms with Gasteiger partial charge in [0, 0.05) is 0 Å². The second kappa shape index (κ2) is 24.8. The highest BCUT2D eigenvalue weighted by Crippen LogP contribution is 2.20. The van der Waals surface area contributed by atoms with Crippen LogP contribution in [0.5, 0.6) is 0 Å². The molecule has 3 aromatic rings. The van der Waals surface area contributed by atoms with Crippen molar-refractivity contribution in [3.8, 4) is 0 Å². The van der Waals surface area contributed by atoms with Gasteiger partial charge in [0.2, 0.25) is 0 Å². The number of hydrogen-bond donors (Lipinski definition) is 0. The van der Waals surface area contributed by atoms with Gasteiger partial charge in [0.05, 0.1) is 63.4 Å². The van der Waals surface area contributed by atoms with Gasteiger partial charge in [0.15, 0.2) is 0 Å². The molecule has 0 fully saturated rings. The van der Waals surface area contributed by atoms with Crippen molar-refractivity contribution in [2.75, 3.05) is 63.4 Å². The van der Waals surface area contributed by atoms with Crippen molar-refractivity contribution in [1.29, 1.82) is 0 Å². The topological polar surface area (TPSA) is 0 Å². The molecule has 0 N–H and O–H groups in total. The first-order valence-corrected chi connectivity index (χ1v) is 16.3. The van der Waals surface area contributed by atoms with Gasteiger partial charge in [-0.2, -0.15) is 0 Å². The number of unbranched alkanes of at least 4 members (excludes halogenated alkanes) is 3. The van der Waals surface area contributed by atoms with E-state index >= 15 is 0 Å². The molecule has 0 aliphatic rings. The molecule has 0 amide bonds. The third-order valence-electron chi connectivity index (χ3n) is 7.59. The third-order valence-corrected chi connectivity index (χ3v) is 7.59. The Morgan fingerprint density at radius 1 is 0.333 bits per heavy atom. The molecule has 0 aliphatic carbocycles. The fraction of sp³-hybridized carbons (Fsp3) is 0.538. The van der Waals surface area contributed by atoms with Crippen LogP contribution < -0.4 is 85.4 Å². The fourth-order valence-electron chi connectivity index (χ4n) is 4.47. The highest BCUT2D eigenvalue weighted by Gasteiger charge is 2.12. The molecule has 0 spiro atoms. The highest BCUT2D eigenvalue weighted by molar-refractivity contribution is 5.44. The normalized spacial score (nSPS) is 10.9. The molecule has 0 unspecified atom stereocenters. The van der Waals surface area contributed by atoms with Gasteiger partial charge in [0.25, 0.3) is 0 Å². The van der Waals surface area contributed by atoms with E-state index < -0.39 is 0 Å². The molecule has 0 saturated carbocycles. The molecule has 3 nitrogen and oxygen atoms in total. The number of hydrogen-bond acceptors (Lipinski definition) is 0. The van der Waals surface area contributed by atoms with Crippen LogP contribution in [0.1, 0.15) is 76.0 Å². The molecule has 3 rings (SSSR count). The lowest BCUT2D eigenvalue weighted by Gasteiger charge is -2.23. The zero-order valence-corrected chi connectivity index (χ0v) is 37.2. The van der Waals surface area contributed by atoms with Gasteiger partial charge in [0.1, 0.15) is 17.1 Å². The first-order valence-electron chi connectivity index (χ1n) is 16.3. The van der Waals surface area contributed by atoms with Crippen molar-refractivity contribution in [3.63, 3.8) is 0 Å². The van der Waals surface area contributed by atoms with Crippen LogP contribution in [-0.2, 0) is 19.3 Å². The minimum Gasteiger partial charge on any atom is -1.00 e. The van der Waals surface area contributed by atoms with Crippen molar-refractivity contribution in [2.24, 2.45) is 0 Å². The van der Waals surface area contributed by atoms with Gasteiger partial charge in [-0.25, -0.2) is 0 Å². The molecule has 3 aromatic carbocycles. The standard InChI is InChI=1S/3C13H22N.3HI/c3*1-5-6-7-12-8-10-13(11-9-12)14(2,3)4;;;/h3*8-11H,5-7H2,1-4H3;3*1H/q3*+1;;;/p-3. The molecule has 0 saturated heterocycles. The number of aryl methyl sites for hydroxylation is 3. The molecule has 6 heteroatoms. The summed E-state index contributed by atoms with van der Waals surface area (Å²) >= 11 is 0. The maximum Gasteiger partial charge on any atom is 0.132 e. The smallest absolute Gasteiger partial charge is 0.132 e. The van der Waals surface area contributed by atoms with Crippen LogP contribution in [0.3, 0.4) is 0 Å². The summed E-state index contributed by atoms with van der Waals surface area (Å²) in [7, 11) is 19.8. The molecular formula is C39H66I3N3. The Morgan fingerprint density at radius 2 is 0.511 bits per heavy atom. The van der Waals surface area contributed by atoms with Gasteiger partial charge < -0.3 is 71.9 Å². The van der Waals surface area contributed by atoms with E-state index in [1.807, 2.05) is 0 Å². The van der Waals surface area contributed by atoms with Gasteiger partial charge in [-0.05, 0) is 91.6 Å². The molecule has 0 bridgehead atoms. The zero-order chi connectivity index (χ0) is 31.8. The molecule has 258 valence electrons. The fourth-order valence-corrected chi connectivity index (χ4v) is 4.47. The van der Waals surface area contributed by atoms with Gasteiger partial charge >= 0.3 is 0 Å². The van der Waals surface area contributed by atoms with Crippen molar-refractivity contribution in [3.05, 3.63) is 89.5 Å². The van der Waals surface area contributed by atoms with Gasteiger partial charge in [-0.15, -0.1) is 0 Å². The summed E-state index contributed by atoms with van der Waals surface area (Å²) < 4.78 is 2.69. The largest absolute Gasteiger partial charge is 1.00 e. The van der Waals surface area contributed by atoms with Crippen LogP contribution in [0.2, 0.25) is 0 Å². The third kappa shape index (κ3) is 21.3. The summed E-state index contributed by atoms with van der Waals surface area (Å²) in [5.74, 6) is 0. The average Bonchev–Trinajstić information content (AvgIpc) is 2.94. The maximum atomic E-state index is 2.26. The Balaban J connectivity index is -0.000000569. The number of nitrogens with zero attached hydrogens (tertiary/aromatic N) is 3. The first kappa shape index (κ1) is 49.1. The Bertz CT molecular complexity index is 961. The summed E-state index contributed by atoms with van der Waals surface area (Å²) in [6.45, 7) is 6.71. The number of rotatable bonds is 12. The summed E-state index contributed by atoms with van der Waals surface area (Å²) in [6, 6.07) is 27.0. The molecule has 0 aromatic heterocycles. The van der Waals surface area contributed by atoms with E-state index in [4.69, 9.17) is 0 Å². The van der Waals surface area contributed by atoms with E-state index in [1.165, 1.54) is 91.5 Å². The predicted molar refractivity (Wildman–Crippen MR) is 194 cm³/mol. The lowest BCUT2D eigenvalue weighted by molar-refractivity contribution is -0.00100. The summed E-state index contributed by atoms with van der Waals surface area (Å²) in [5, 5.41) is 0. The lowest BCUT2D eigenvalue weighted by atomic mass is 10.1.